The zero-order valence-corrected chi connectivity index (χ0v) is 10.4. The molecule has 2 heterocycles. The van der Waals surface area contributed by atoms with Gasteiger partial charge in [0.1, 0.15) is 0 Å². The predicted octanol–water partition coefficient (Wildman–Crippen LogP) is 1.83. The summed E-state index contributed by atoms with van der Waals surface area (Å²) in [5, 5.41) is 5.01. The summed E-state index contributed by atoms with van der Waals surface area (Å²) in [6, 6.07) is 11.3. The summed E-state index contributed by atoms with van der Waals surface area (Å²) in [4.78, 5) is 15.7. The summed E-state index contributed by atoms with van der Waals surface area (Å²) >= 11 is 0. The number of carbonyl (C=O) groups is 1. The Morgan fingerprint density at radius 3 is 2.79 bits per heavy atom. The smallest absolute Gasteiger partial charge is 0.269 e. The number of nitrogens with zero attached hydrogens (tertiary/aromatic N) is 3. The van der Waals surface area contributed by atoms with Gasteiger partial charge in [0.2, 0.25) is 0 Å². The molecule has 19 heavy (non-hydrogen) atoms. The lowest BCUT2D eigenvalue weighted by Gasteiger charge is -2.02. The van der Waals surface area contributed by atoms with Crippen LogP contribution >= 0.6 is 0 Å². The van der Waals surface area contributed by atoms with Crippen molar-refractivity contribution in [3.63, 3.8) is 0 Å². The first kappa shape index (κ1) is 11.4. The largest absolute Gasteiger partial charge is 0.364 e. The van der Waals surface area contributed by atoms with Crippen LogP contribution in [0, 0.1) is 6.92 Å². The van der Waals surface area contributed by atoms with E-state index in [2.05, 4.69) is 10.1 Å². The van der Waals surface area contributed by atoms with Gasteiger partial charge >= 0.3 is 0 Å². The van der Waals surface area contributed by atoms with E-state index in [9.17, 15) is 4.79 Å². The molecule has 2 aromatic heterocycles. The number of carbonyl (C=O) groups excluding carboxylic acids is 1. The minimum absolute atomic E-state index is 0.263. The fraction of sp³-hybridized carbons (Fsp3) is 0.0714. The van der Waals surface area contributed by atoms with Crippen molar-refractivity contribution in [1.82, 2.24) is 14.8 Å². The lowest BCUT2D eigenvalue weighted by atomic mass is 10.2. The van der Waals surface area contributed by atoms with Crippen LogP contribution in [0.2, 0.25) is 0 Å². The van der Waals surface area contributed by atoms with Crippen LogP contribution in [0.15, 0.2) is 42.6 Å². The van der Waals surface area contributed by atoms with E-state index in [-0.39, 0.29) is 5.69 Å². The molecule has 5 heteroatoms. The SMILES string of the molecule is Cc1ccnc(-n2nc(C(N)=O)c3ccccc32)c1. The van der Waals surface area contributed by atoms with Crippen molar-refractivity contribution in [3.8, 4) is 5.82 Å². The molecule has 3 aromatic rings. The Labute approximate surface area is 109 Å². The van der Waals surface area contributed by atoms with Crippen molar-refractivity contribution in [2.45, 2.75) is 6.92 Å². The van der Waals surface area contributed by atoms with Crippen LogP contribution < -0.4 is 5.73 Å². The van der Waals surface area contributed by atoms with Crippen LogP contribution in [0.4, 0.5) is 0 Å². The van der Waals surface area contributed by atoms with Gasteiger partial charge in [0.15, 0.2) is 11.5 Å². The molecule has 2 N–H and O–H groups in total. The topological polar surface area (TPSA) is 73.8 Å². The number of hydrogen-bond acceptors (Lipinski definition) is 3. The summed E-state index contributed by atoms with van der Waals surface area (Å²) in [6.45, 7) is 1.98. The van der Waals surface area contributed by atoms with Gasteiger partial charge in [-0.2, -0.15) is 5.10 Å². The number of aryl methyl sites for hydroxylation is 1. The highest BCUT2D eigenvalue weighted by Crippen LogP contribution is 2.21. The number of hydrogen-bond donors (Lipinski definition) is 1. The quantitative estimate of drug-likeness (QED) is 0.756. The molecule has 0 aliphatic carbocycles. The predicted molar refractivity (Wildman–Crippen MR) is 72.1 cm³/mol. The fourth-order valence-electron chi connectivity index (χ4n) is 2.06. The van der Waals surface area contributed by atoms with E-state index in [1.807, 2.05) is 43.3 Å². The molecule has 5 nitrogen and oxygen atoms in total. The average Bonchev–Trinajstić information content (AvgIpc) is 2.78. The number of benzene rings is 1. The third-order valence-corrected chi connectivity index (χ3v) is 2.94. The summed E-state index contributed by atoms with van der Waals surface area (Å²) in [5.74, 6) is 0.131. The lowest BCUT2D eigenvalue weighted by molar-refractivity contribution is 0.0996. The molecule has 0 saturated carbocycles. The Kier molecular flexibility index (Phi) is 2.52. The first-order chi connectivity index (χ1) is 9.16. The molecule has 1 amide bonds. The molecule has 0 unspecified atom stereocenters. The normalized spacial score (nSPS) is 10.8. The number of primary amides is 1. The van der Waals surface area contributed by atoms with Crippen LogP contribution in [0.5, 0.6) is 0 Å². The van der Waals surface area contributed by atoms with Gasteiger partial charge in [0, 0.05) is 11.6 Å². The van der Waals surface area contributed by atoms with Crippen molar-refractivity contribution in [1.29, 1.82) is 0 Å². The second-order valence-corrected chi connectivity index (χ2v) is 4.33. The summed E-state index contributed by atoms with van der Waals surface area (Å²) < 4.78 is 1.64. The first-order valence-electron chi connectivity index (χ1n) is 5.87. The molecule has 0 aliphatic rings. The average molecular weight is 252 g/mol. The highest BCUT2D eigenvalue weighted by Gasteiger charge is 2.15. The molecule has 0 radical (unpaired) electrons. The molecule has 0 fully saturated rings. The molecule has 3 rings (SSSR count). The van der Waals surface area contributed by atoms with Crippen molar-refractivity contribution in [2.24, 2.45) is 5.73 Å². The second kappa shape index (κ2) is 4.20. The van der Waals surface area contributed by atoms with Crippen LogP contribution in [-0.4, -0.2) is 20.7 Å². The van der Waals surface area contributed by atoms with Gasteiger partial charge in [-0.15, -0.1) is 0 Å². The Morgan fingerprint density at radius 1 is 1.26 bits per heavy atom. The third kappa shape index (κ3) is 1.85. The van der Waals surface area contributed by atoms with E-state index < -0.39 is 5.91 Å². The molecule has 0 atom stereocenters. The Hall–Kier alpha value is -2.69. The first-order valence-corrected chi connectivity index (χ1v) is 5.87. The Morgan fingerprint density at radius 2 is 2.05 bits per heavy atom. The maximum Gasteiger partial charge on any atom is 0.269 e. The number of nitrogens with two attached hydrogens (primary N) is 1. The van der Waals surface area contributed by atoms with Crippen LogP contribution in [-0.2, 0) is 0 Å². The zero-order valence-electron chi connectivity index (χ0n) is 10.4. The van der Waals surface area contributed by atoms with E-state index >= 15 is 0 Å². The van der Waals surface area contributed by atoms with Crippen molar-refractivity contribution >= 4 is 16.8 Å². The van der Waals surface area contributed by atoms with Gasteiger partial charge in [-0.3, -0.25) is 4.79 Å². The second-order valence-electron chi connectivity index (χ2n) is 4.33. The summed E-state index contributed by atoms with van der Waals surface area (Å²) in [7, 11) is 0. The standard InChI is InChI=1S/C14H12N4O/c1-9-6-7-16-12(8-9)18-11-5-3-2-4-10(11)13(17-18)14(15)19/h2-8H,1H3,(H2,15,19). The Bertz CT molecular complexity index is 776. The maximum atomic E-state index is 11.5. The van der Waals surface area contributed by atoms with Crippen LogP contribution in [0.25, 0.3) is 16.7 Å². The van der Waals surface area contributed by atoms with Crippen molar-refractivity contribution in [2.75, 3.05) is 0 Å². The number of rotatable bonds is 2. The third-order valence-electron chi connectivity index (χ3n) is 2.94. The zero-order chi connectivity index (χ0) is 13.4. The lowest BCUT2D eigenvalue weighted by Crippen LogP contribution is -2.12. The number of aromatic nitrogens is 3. The van der Waals surface area contributed by atoms with Crippen molar-refractivity contribution < 1.29 is 4.79 Å². The molecule has 0 aliphatic heterocycles. The summed E-state index contributed by atoms with van der Waals surface area (Å²) in [6.07, 6.45) is 1.71. The minimum Gasteiger partial charge on any atom is -0.364 e. The molecular formula is C14H12N4O. The number of amides is 1. The molecule has 1 aromatic carbocycles. The number of pyridine rings is 1. The highest BCUT2D eigenvalue weighted by atomic mass is 16.1. The molecular weight excluding hydrogens is 240 g/mol. The van der Waals surface area contributed by atoms with Gasteiger partial charge in [-0.05, 0) is 30.7 Å². The molecule has 94 valence electrons. The van der Waals surface area contributed by atoms with Crippen molar-refractivity contribution in [3.05, 3.63) is 53.9 Å². The number of fused-ring (bicyclic) bond motifs is 1. The van der Waals surface area contributed by atoms with E-state index in [0.29, 0.717) is 5.82 Å². The van der Waals surface area contributed by atoms with E-state index in [1.165, 1.54) is 0 Å². The van der Waals surface area contributed by atoms with Gasteiger partial charge < -0.3 is 5.73 Å². The molecule has 0 saturated heterocycles. The van der Waals surface area contributed by atoms with E-state index in [0.717, 1.165) is 16.5 Å². The van der Waals surface area contributed by atoms with Gasteiger partial charge in [0.05, 0.1) is 5.52 Å². The van der Waals surface area contributed by atoms with Gasteiger partial charge in [-0.1, -0.05) is 18.2 Å². The monoisotopic (exact) mass is 252 g/mol. The molecule has 0 spiro atoms. The fourth-order valence-corrected chi connectivity index (χ4v) is 2.06. The van der Waals surface area contributed by atoms with Crippen LogP contribution in [0.3, 0.4) is 0 Å². The highest BCUT2D eigenvalue weighted by molar-refractivity contribution is 6.04. The van der Waals surface area contributed by atoms with E-state index in [1.54, 1.807) is 10.9 Å². The maximum absolute atomic E-state index is 11.5. The molecule has 0 bridgehead atoms. The number of para-hydroxylation sites is 1. The Balaban J connectivity index is 2.33. The van der Waals surface area contributed by atoms with E-state index in [4.69, 9.17) is 5.73 Å². The summed E-state index contributed by atoms with van der Waals surface area (Å²) in [5.41, 5.74) is 7.52. The van der Waals surface area contributed by atoms with Crippen LogP contribution in [0.1, 0.15) is 16.1 Å². The van der Waals surface area contributed by atoms with Gasteiger partial charge in [-0.25, -0.2) is 9.67 Å². The van der Waals surface area contributed by atoms with Gasteiger partial charge in [0.25, 0.3) is 5.91 Å². The minimum atomic E-state index is -0.539.